The summed E-state index contributed by atoms with van der Waals surface area (Å²) < 4.78 is 0. The fourth-order valence-electron chi connectivity index (χ4n) is 3.18. The third-order valence-electron chi connectivity index (χ3n) is 3.98. The number of anilines is 1. The van der Waals surface area contributed by atoms with Crippen molar-refractivity contribution < 1.29 is 4.79 Å². The van der Waals surface area contributed by atoms with Crippen LogP contribution < -0.4 is 4.90 Å². The average Bonchev–Trinajstić information content (AvgIpc) is 3.18. The van der Waals surface area contributed by atoms with Gasteiger partial charge in [-0.25, -0.2) is 4.98 Å². The third-order valence-corrected chi connectivity index (χ3v) is 4.75. The quantitative estimate of drug-likeness (QED) is 0.848. The minimum atomic E-state index is -0.0603. The van der Waals surface area contributed by atoms with Crippen molar-refractivity contribution in [2.75, 3.05) is 11.4 Å². The minimum Gasteiger partial charge on any atom is -0.273 e. The molecule has 2 atom stereocenters. The fourth-order valence-corrected chi connectivity index (χ4v) is 3.85. The molecule has 0 aromatic carbocycles. The zero-order chi connectivity index (χ0) is 13.5. The van der Waals surface area contributed by atoms with Gasteiger partial charge >= 0.3 is 0 Å². The highest BCUT2D eigenvalue weighted by Gasteiger charge is 2.50. The van der Waals surface area contributed by atoms with E-state index in [0.717, 1.165) is 30.1 Å². The minimum absolute atomic E-state index is 0.00380. The number of amides is 1. The van der Waals surface area contributed by atoms with E-state index in [2.05, 4.69) is 14.9 Å². The Morgan fingerprint density at radius 2 is 2.30 bits per heavy atom. The van der Waals surface area contributed by atoms with E-state index in [4.69, 9.17) is 0 Å². The molecule has 2 aromatic rings. The van der Waals surface area contributed by atoms with E-state index in [1.54, 1.807) is 12.4 Å². The molecule has 2 saturated heterocycles. The van der Waals surface area contributed by atoms with E-state index < -0.39 is 0 Å². The number of pyridine rings is 1. The van der Waals surface area contributed by atoms with E-state index >= 15 is 0 Å². The fraction of sp³-hybridized carbons (Fsp3) is 0.357. The van der Waals surface area contributed by atoms with Crippen LogP contribution in [0, 0.1) is 0 Å². The number of carbonyl (C=O) groups excluding carboxylic acids is 1. The highest BCUT2D eigenvalue weighted by Crippen LogP contribution is 2.42. The van der Waals surface area contributed by atoms with Crippen molar-refractivity contribution in [2.24, 2.45) is 0 Å². The number of thiazole rings is 1. The number of carbonyl (C=O) groups is 1. The number of fused-ring (bicyclic) bond motifs is 1. The van der Waals surface area contributed by atoms with Crippen LogP contribution in [0.25, 0.3) is 0 Å². The molecule has 2 aliphatic rings. The number of hydrogen-bond acceptors (Lipinski definition) is 5. The second-order valence-electron chi connectivity index (χ2n) is 5.08. The summed E-state index contributed by atoms with van der Waals surface area (Å²) in [7, 11) is 0. The maximum absolute atomic E-state index is 12.7. The molecule has 6 heteroatoms. The SMILES string of the molecule is O=C1[C@@H]2CCCN2[C@@H](c2cccnc2)N1c1nccs1. The van der Waals surface area contributed by atoms with Crippen LogP contribution in [0.1, 0.15) is 24.6 Å². The predicted octanol–water partition coefficient (Wildman–Crippen LogP) is 2.05. The number of hydrogen-bond donors (Lipinski definition) is 0. The summed E-state index contributed by atoms with van der Waals surface area (Å²) in [5.74, 6) is 0.173. The van der Waals surface area contributed by atoms with Crippen LogP contribution in [-0.4, -0.2) is 33.4 Å². The molecule has 0 N–H and O–H groups in total. The van der Waals surface area contributed by atoms with E-state index in [-0.39, 0.29) is 18.1 Å². The molecule has 0 saturated carbocycles. The molecule has 20 heavy (non-hydrogen) atoms. The summed E-state index contributed by atoms with van der Waals surface area (Å²) in [6.45, 7) is 0.956. The molecular formula is C14H14N4OS. The van der Waals surface area contributed by atoms with Crippen LogP contribution in [0.2, 0.25) is 0 Å². The molecule has 0 spiro atoms. The summed E-state index contributed by atoms with van der Waals surface area (Å²) in [4.78, 5) is 25.3. The van der Waals surface area contributed by atoms with E-state index in [9.17, 15) is 4.79 Å². The van der Waals surface area contributed by atoms with Crippen LogP contribution in [0.5, 0.6) is 0 Å². The summed E-state index contributed by atoms with van der Waals surface area (Å²) in [5.41, 5.74) is 1.06. The Bertz CT molecular complexity index is 615. The normalized spacial score (nSPS) is 26.2. The van der Waals surface area contributed by atoms with Gasteiger partial charge < -0.3 is 0 Å². The molecule has 0 bridgehead atoms. The highest BCUT2D eigenvalue weighted by molar-refractivity contribution is 7.13. The lowest BCUT2D eigenvalue weighted by molar-refractivity contribution is -0.119. The molecule has 4 heterocycles. The van der Waals surface area contributed by atoms with Crippen molar-refractivity contribution in [1.29, 1.82) is 0 Å². The van der Waals surface area contributed by atoms with Gasteiger partial charge in [0, 0.05) is 36.1 Å². The second-order valence-corrected chi connectivity index (χ2v) is 5.95. The Morgan fingerprint density at radius 1 is 1.35 bits per heavy atom. The summed E-state index contributed by atoms with van der Waals surface area (Å²) in [6.07, 6.45) is 7.32. The van der Waals surface area contributed by atoms with Crippen LogP contribution in [0.3, 0.4) is 0 Å². The van der Waals surface area contributed by atoms with Gasteiger partial charge in [0.05, 0.1) is 6.04 Å². The van der Waals surface area contributed by atoms with E-state index in [0.29, 0.717) is 0 Å². The zero-order valence-corrected chi connectivity index (χ0v) is 11.7. The summed E-state index contributed by atoms with van der Waals surface area (Å²) in [6, 6.07) is 3.96. The monoisotopic (exact) mass is 286 g/mol. The highest BCUT2D eigenvalue weighted by atomic mass is 32.1. The lowest BCUT2D eigenvalue weighted by Gasteiger charge is -2.27. The van der Waals surface area contributed by atoms with Crippen molar-refractivity contribution in [3.8, 4) is 0 Å². The Hall–Kier alpha value is -1.79. The first-order chi connectivity index (χ1) is 9.86. The van der Waals surface area contributed by atoms with Gasteiger partial charge in [0.25, 0.3) is 0 Å². The van der Waals surface area contributed by atoms with Crippen molar-refractivity contribution in [2.45, 2.75) is 25.0 Å². The Balaban J connectivity index is 1.81. The molecule has 5 nitrogen and oxygen atoms in total. The maximum atomic E-state index is 12.7. The molecular weight excluding hydrogens is 272 g/mol. The van der Waals surface area contributed by atoms with Crippen LogP contribution >= 0.6 is 11.3 Å². The molecule has 2 aliphatic heterocycles. The lowest BCUT2D eigenvalue weighted by Crippen LogP contribution is -2.32. The standard InChI is InChI=1S/C14H14N4OS/c19-13-11-4-2-7-17(11)12(10-3-1-5-15-9-10)18(13)14-16-6-8-20-14/h1,3,5-6,8-9,11-12H,2,4,7H2/t11-,12+/m0/s1. The molecule has 0 unspecified atom stereocenters. The Morgan fingerprint density at radius 3 is 3.05 bits per heavy atom. The van der Waals surface area contributed by atoms with Crippen molar-refractivity contribution >= 4 is 22.4 Å². The third kappa shape index (κ3) is 1.68. The van der Waals surface area contributed by atoms with Gasteiger partial charge in [-0.2, -0.15) is 0 Å². The molecule has 4 rings (SSSR count). The number of rotatable bonds is 2. The smallest absolute Gasteiger partial charge is 0.247 e. The molecule has 0 radical (unpaired) electrons. The van der Waals surface area contributed by atoms with E-state index in [1.165, 1.54) is 11.3 Å². The lowest BCUT2D eigenvalue weighted by atomic mass is 10.2. The number of aromatic nitrogens is 2. The van der Waals surface area contributed by atoms with Gasteiger partial charge in [-0.3, -0.25) is 19.6 Å². The topological polar surface area (TPSA) is 49.3 Å². The molecule has 102 valence electrons. The Labute approximate surface area is 120 Å². The van der Waals surface area contributed by atoms with Gasteiger partial charge in [-0.15, -0.1) is 11.3 Å². The predicted molar refractivity (Wildman–Crippen MR) is 76.3 cm³/mol. The molecule has 0 aliphatic carbocycles. The van der Waals surface area contributed by atoms with Crippen molar-refractivity contribution in [1.82, 2.24) is 14.9 Å². The maximum Gasteiger partial charge on any atom is 0.247 e. The summed E-state index contributed by atoms with van der Waals surface area (Å²) >= 11 is 1.51. The largest absolute Gasteiger partial charge is 0.273 e. The van der Waals surface area contributed by atoms with Gasteiger partial charge in [0.15, 0.2) is 5.13 Å². The van der Waals surface area contributed by atoms with Gasteiger partial charge in [0.2, 0.25) is 5.91 Å². The van der Waals surface area contributed by atoms with Crippen molar-refractivity contribution in [3.05, 3.63) is 41.7 Å². The van der Waals surface area contributed by atoms with Crippen LogP contribution in [-0.2, 0) is 4.79 Å². The first-order valence-electron chi connectivity index (χ1n) is 6.74. The first kappa shape index (κ1) is 12.0. The molecule has 2 fully saturated rings. The van der Waals surface area contributed by atoms with Gasteiger partial charge in [0.1, 0.15) is 6.17 Å². The second kappa shape index (κ2) is 4.64. The van der Waals surface area contributed by atoms with E-state index in [1.807, 2.05) is 28.6 Å². The molecule has 2 aromatic heterocycles. The van der Waals surface area contributed by atoms with Crippen molar-refractivity contribution in [3.63, 3.8) is 0 Å². The van der Waals surface area contributed by atoms with Crippen LogP contribution in [0.4, 0.5) is 5.13 Å². The average molecular weight is 286 g/mol. The first-order valence-corrected chi connectivity index (χ1v) is 7.62. The van der Waals surface area contributed by atoms with Gasteiger partial charge in [-0.05, 0) is 18.9 Å². The van der Waals surface area contributed by atoms with Gasteiger partial charge in [-0.1, -0.05) is 6.07 Å². The Kier molecular flexibility index (Phi) is 2.78. The summed E-state index contributed by atoms with van der Waals surface area (Å²) in [5, 5.41) is 2.69. The molecule has 1 amide bonds. The number of nitrogens with zero attached hydrogens (tertiary/aromatic N) is 4. The zero-order valence-electron chi connectivity index (χ0n) is 10.8. The van der Waals surface area contributed by atoms with Crippen LogP contribution in [0.15, 0.2) is 36.1 Å².